The molecule has 0 spiro atoms. The van der Waals surface area contributed by atoms with Crippen LogP contribution in [0.15, 0.2) is 12.1 Å². The van der Waals surface area contributed by atoms with Gasteiger partial charge in [0.05, 0.1) is 23.2 Å². The van der Waals surface area contributed by atoms with E-state index >= 15 is 0 Å². The minimum Gasteiger partial charge on any atom is -0.374 e. The summed E-state index contributed by atoms with van der Waals surface area (Å²) in [7, 11) is 0. The number of anilines is 1. The summed E-state index contributed by atoms with van der Waals surface area (Å²) in [5.74, 6) is -2.01. The average molecular weight is 270 g/mol. The smallest absolute Gasteiger partial charge is 0.327 e. The number of fused-ring (bicyclic) bond motifs is 2. The molecular weight excluding hydrogens is 258 g/mol. The van der Waals surface area contributed by atoms with Crippen molar-refractivity contribution in [2.24, 2.45) is 0 Å². The Morgan fingerprint density at radius 3 is 2.74 bits per heavy atom. The van der Waals surface area contributed by atoms with Gasteiger partial charge in [0, 0.05) is 12.1 Å². The summed E-state index contributed by atoms with van der Waals surface area (Å²) in [5, 5.41) is 13.7. The van der Waals surface area contributed by atoms with Crippen LogP contribution in [0.4, 0.5) is 20.2 Å². The number of nitrogens with zero attached hydrogens (tertiary/aromatic N) is 1. The first-order chi connectivity index (χ1) is 9.04. The highest BCUT2D eigenvalue weighted by molar-refractivity contribution is 5.63. The lowest BCUT2D eigenvalue weighted by molar-refractivity contribution is -0.386. The fourth-order valence-electron chi connectivity index (χ4n) is 2.85. The van der Waals surface area contributed by atoms with Crippen molar-refractivity contribution in [1.82, 2.24) is 0 Å². The number of halogens is 2. The minimum atomic E-state index is -1.17. The van der Waals surface area contributed by atoms with E-state index in [1.165, 1.54) is 0 Å². The Kier molecular flexibility index (Phi) is 2.85. The standard InChI is InChI=1S/C12H12F2N2O3/c13-6-3-8(14)12(16(17)18)10(4-6)15-9-5-7-1-2-11(9)19-7/h3-4,7,9,11,15H,1-2,5H2. The quantitative estimate of drug-likeness (QED) is 0.677. The molecule has 1 aromatic carbocycles. The molecule has 2 heterocycles. The van der Waals surface area contributed by atoms with Crippen LogP contribution < -0.4 is 5.32 Å². The van der Waals surface area contributed by atoms with Crippen molar-refractivity contribution in [3.63, 3.8) is 0 Å². The molecule has 0 radical (unpaired) electrons. The van der Waals surface area contributed by atoms with Crippen LogP contribution in [0, 0.1) is 21.7 Å². The third kappa shape index (κ3) is 2.14. The second-order valence-corrected chi connectivity index (χ2v) is 4.90. The summed E-state index contributed by atoms with van der Waals surface area (Å²) in [6, 6.07) is 1.34. The molecule has 7 heteroatoms. The van der Waals surface area contributed by atoms with Gasteiger partial charge in [0.2, 0.25) is 5.82 Å². The van der Waals surface area contributed by atoms with Gasteiger partial charge >= 0.3 is 5.69 Å². The molecule has 5 nitrogen and oxygen atoms in total. The van der Waals surface area contributed by atoms with Gasteiger partial charge in [-0.25, -0.2) is 4.39 Å². The van der Waals surface area contributed by atoms with Crippen LogP contribution in [0.2, 0.25) is 0 Å². The predicted octanol–water partition coefficient (Wildman–Crippen LogP) is 2.60. The summed E-state index contributed by atoms with van der Waals surface area (Å²) in [4.78, 5) is 10.0. The molecule has 19 heavy (non-hydrogen) atoms. The molecule has 2 aliphatic heterocycles. The van der Waals surface area contributed by atoms with Crippen molar-refractivity contribution in [2.75, 3.05) is 5.32 Å². The number of nitro groups is 1. The molecule has 2 aliphatic rings. The fraction of sp³-hybridized carbons (Fsp3) is 0.500. The van der Waals surface area contributed by atoms with Gasteiger partial charge in [-0.2, -0.15) is 4.39 Å². The zero-order chi connectivity index (χ0) is 13.6. The lowest BCUT2D eigenvalue weighted by Gasteiger charge is -2.21. The summed E-state index contributed by atoms with van der Waals surface area (Å²) in [6.45, 7) is 0. The van der Waals surface area contributed by atoms with Gasteiger partial charge < -0.3 is 10.1 Å². The summed E-state index contributed by atoms with van der Waals surface area (Å²) >= 11 is 0. The van der Waals surface area contributed by atoms with Gasteiger partial charge in [0.25, 0.3) is 0 Å². The van der Waals surface area contributed by atoms with Crippen LogP contribution in [-0.2, 0) is 4.74 Å². The normalized spacial score (nSPS) is 28.6. The average Bonchev–Trinajstić information content (AvgIpc) is 2.88. The molecule has 0 aliphatic carbocycles. The highest BCUT2D eigenvalue weighted by atomic mass is 19.1. The van der Waals surface area contributed by atoms with Crippen LogP contribution in [-0.4, -0.2) is 23.2 Å². The van der Waals surface area contributed by atoms with Crippen molar-refractivity contribution in [1.29, 1.82) is 0 Å². The number of nitro benzene ring substituents is 1. The van der Waals surface area contributed by atoms with Crippen molar-refractivity contribution in [3.05, 3.63) is 33.9 Å². The fourth-order valence-corrected chi connectivity index (χ4v) is 2.85. The molecule has 2 saturated heterocycles. The zero-order valence-electron chi connectivity index (χ0n) is 9.94. The van der Waals surface area contributed by atoms with Gasteiger partial charge in [0.15, 0.2) is 0 Å². The van der Waals surface area contributed by atoms with E-state index in [0.717, 1.165) is 18.9 Å². The lowest BCUT2D eigenvalue weighted by atomic mass is 9.95. The van der Waals surface area contributed by atoms with Crippen LogP contribution in [0.5, 0.6) is 0 Å². The molecule has 2 bridgehead atoms. The number of ether oxygens (including phenoxy) is 1. The summed E-state index contributed by atoms with van der Waals surface area (Å²) < 4.78 is 32.3. The van der Waals surface area contributed by atoms with Crippen molar-refractivity contribution in [2.45, 2.75) is 37.5 Å². The van der Waals surface area contributed by atoms with Crippen LogP contribution in [0.3, 0.4) is 0 Å². The Morgan fingerprint density at radius 2 is 2.16 bits per heavy atom. The number of hydrogen-bond donors (Lipinski definition) is 1. The SMILES string of the molecule is O=[N+]([O-])c1c(F)cc(F)cc1NC1CC2CCC1O2. The van der Waals surface area contributed by atoms with E-state index in [9.17, 15) is 18.9 Å². The van der Waals surface area contributed by atoms with Crippen molar-refractivity contribution >= 4 is 11.4 Å². The lowest BCUT2D eigenvalue weighted by Crippen LogP contribution is -2.30. The van der Waals surface area contributed by atoms with Gasteiger partial charge in [-0.15, -0.1) is 0 Å². The van der Waals surface area contributed by atoms with E-state index in [0.29, 0.717) is 12.5 Å². The largest absolute Gasteiger partial charge is 0.374 e. The molecule has 3 atom stereocenters. The number of rotatable bonds is 3. The van der Waals surface area contributed by atoms with E-state index in [4.69, 9.17) is 4.74 Å². The third-order valence-corrected chi connectivity index (χ3v) is 3.66. The summed E-state index contributed by atoms with van der Waals surface area (Å²) in [6.07, 6.45) is 2.67. The van der Waals surface area contributed by atoms with Crippen LogP contribution in [0.25, 0.3) is 0 Å². The van der Waals surface area contributed by atoms with E-state index in [1.807, 2.05) is 0 Å². The van der Waals surface area contributed by atoms with Gasteiger partial charge in [-0.05, 0) is 19.3 Å². The molecule has 1 aromatic rings. The Hall–Kier alpha value is -1.76. The second-order valence-electron chi connectivity index (χ2n) is 4.90. The monoisotopic (exact) mass is 270 g/mol. The molecule has 0 amide bonds. The molecule has 0 saturated carbocycles. The first-order valence-corrected chi connectivity index (χ1v) is 6.10. The molecule has 2 fully saturated rings. The first kappa shape index (κ1) is 12.3. The topological polar surface area (TPSA) is 64.4 Å². The molecule has 102 valence electrons. The van der Waals surface area contributed by atoms with Gasteiger partial charge in [-0.1, -0.05) is 0 Å². The maximum absolute atomic E-state index is 13.5. The zero-order valence-corrected chi connectivity index (χ0v) is 9.94. The van der Waals surface area contributed by atoms with Crippen molar-refractivity contribution in [3.8, 4) is 0 Å². The Morgan fingerprint density at radius 1 is 1.37 bits per heavy atom. The maximum Gasteiger partial charge on any atom is 0.327 e. The maximum atomic E-state index is 13.5. The Balaban J connectivity index is 1.89. The van der Waals surface area contributed by atoms with E-state index in [2.05, 4.69) is 5.32 Å². The molecule has 1 N–H and O–H groups in total. The Labute approximate surface area is 107 Å². The van der Waals surface area contributed by atoms with E-state index in [-0.39, 0.29) is 23.9 Å². The highest BCUT2D eigenvalue weighted by Gasteiger charge is 2.41. The molecule has 3 unspecified atom stereocenters. The number of benzene rings is 1. The van der Waals surface area contributed by atoms with Crippen LogP contribution >= 0.6 is 0 Å². The molecule has 0 aromatic heterocycles. The summed E-state index contributed by atoms with van der Waals surface area (Å²) in [5.41, 5.74) is -0.840. The first-order valence-electron chi connectivity index (χ1n) is 6.10. The number of nitrogens with one attached hydrogen (secondary N) is 1. The minimum absolute atomic E-state index is 0.0315. The third-order valence-electron chi connectivity index (χ3n) is 3.66. The predicted molar refractivity (Wildman–Crippen MR) is 62.9 cm³/mol. The van der Waals surface area contributed by atoms with E-state index in [1.54, 1.807) is 0 Å². The second kappa shape index (κ2) is 4.41. The Bertz CT molecular complexity index is 538. The van der Waals surface area contributed by atoms with E-state index < -0.39 is 22.2 Å². The van der Waals surface area contributed by atoms with Crippen molar-refractivity contribution < 1.29 is 18.4 Å². The van der Waals surface area contributed by atoms with Gasteiger partial charge in [-0.3, -0.25) is 10.1 Å². The van der Waals surface area contributed by atoms with Gasteiger partial charge in [0.1, 0.15) is 11.5 Å². The van der Waals surface area contributed by atoms with Crippen LogP contribution in [0.1, 0.15) is 19.3 Å². The molecule has 3 rings (SSSR count). The highest BCUT2D eigenvalue weighted by Crippen LogP contribution is 2.38. The number of hydrogen-bond acceptors (Lipinski definition) is 4. The molecular formula is C12H12F2N2O3.